The van der Waals surface area contributed by atoms with Crippen LogP contribution >= 0.6 is 0 Å². The first-order valence-electron chi connectivity index (χ1n) is 11.4. The molecule has 0 N–H and O–H groups in total. The number of rotatable bonds is 3. The van der Waals surface area contributed by atoms with Crippen LogP contribution in [0.25, 0.3) is 0 Å². The molecule has 2 unspecified atom stereocenters. The lowest BCUT2D eigenvalue weighted by molar-refractivity contribution is -0.114. The van der Waals surface area contributed by atoms with Gasteiger partial charge in [0, 0.05) is 17.3 Å². The number of benzene rings is 3. The van der Waals surface area contributed by atoms with Crippen LogP contribution in [-0.4, -0.2) is 30.7 Å². The maximum atomic E-state index is 13.6. The van der Waals surface area contributed by atoms with Crippen LogP contribution in [0.2, 0.25) is 0 Å². The molecule has 2 atom stereocenters. The highest BCUT2D eigenvalue weighted by molar-refractivity contribution is 6.52. The SMILES string of the molecule is COc1ccc(C(=O)N2c3ccc(C)cc3C(N3C(=O)C(=O)c4cc(C)ccc43)CC2C)cc1. The number of hydrogen-bond donors (Lipinski definition) is 0. The minimum atomic E-state index is -0.514. The standard InChI is InChI=1S/C28H26N2O4/c1-16-5-11-23-21(13-16)25(30-24-12-6-17(2)14-22(24)26(31)28(30)33)15-18(3)29(23)27(32)19-7-9-20(34-4)10-8-19/h5-14,18,25H,15H2,1-4H3. The third-order valence-corrected chi connectivity index (χ3v) is 6.74. The van der Waals surface area contributed by atoms with Gasteiger partial charge in [0.25, 0.3) is 17.6 Å². The quantitative estimate of drug-likeness (QED) is 0.521. The molecule has 0 radical (unpaired) electrons. The summed E-state index contributed by atoms with van der Waals surface area (Å²) in [5, 5.41) is 0. The number of ketones is 1. The Bertz CT molecular complexity index is 1330. The molecule has 0 spiro atoms. The normalized spacial score (nSPS) is 19.2. The van der Waals surface area contributed by atoms with E-state index in [9.17, 15) is 14.4 Å². The van der Waals surface area contributed by atoms with Crippen LogP contribution in [0, 0.1) is 13.8 Å². The molecular weight excluding hydrogens is 428 g/mol. The topological polar surface area (TPSA) is 66.9 Å². The van der Waals surface area contributed by atoms with Gasteiger partial charge in [-0.05, 0) is 75.2 Å². The lowest BCUT2D eigenvalue weighted by atomic mass is 9.88. The molecular formula is C28H26N2O4. The van der Waals surface area contributed by atoms with Crippen molar-refractivity contribution >= 4 is 29.0 Å². The number of hydrogen-bond acceptors (Lipinski definition) is 4. The predicted molar refractivity (Wildman–Crippen MR) is 131 cm³/mol. The number of methoxy groups -OCH3 is 1. The van der Waals surface area contributed by atoms with Crippen LogP contribution in [0.3, 0.4) is 0 Å². The Morgan fingerprint density at radius 3 is 2.24 bits per heavy atom. The molecule has 0 aliphatic carbocycles. The van der Waals surface area contributed by atoms with Crippen LogP contribution in [-0.2, 0) is 4.79 Å². The number of aryl methyl sites for hydroxylation is 2. The molecule has 172 valence electrons. The first-order chi connectivity index (χ1) is 16.3. The summed E-state index contributed by atoms with van der Waals surface area (Å²) >= 11 is 0. The third kappa shape index (κ3) is 3.37. The van der Waals surface area contributed by atoms with Crippen molar-refractivity contribution in [3.63, 3.8) is 0 Å². The molecule has 3 aromatic carbocycles. The molecule has 0 saturated carbocycles. The Balaban J connectivity index is 1.60. The molecule has 3 aromatic rings. The van der Waals surface area contributed by atoms with Gasteiger partial charge >= 0.3 is 0 Å². The first-order valence-corrected chi connectivity index (χ1v) is 11.4. The van der Waals surface area contributed by atoms with Crippen molar-refractivity contribution in [3.05, 3.63) is 88.5 Å². The van der Waals surface area contributed by atoms with Crippen molar-refractivity contribution in [2.45, 2.75) is 39.3 Å². The Labute approximate surface area is 198 Å². The number of carbonyl (C=O) groups excluding carboxylic acids is 3. The van der Waals surface area contributed by atoms with Gasteiger partial charge in [0.15, 0.2) is 0 Å². The van der Waals surface area contributed by atoms with Crippen LogP contribution in [0.1, 0.15) is 56.8 Å². The second kappa shape index (κ2) is 8.13. The molecule has 2 aliphatic rings. The zero-order valence-corrected chi connectivity index (χ0v) is 19.7. The van der Waals surface area contributed by atoms with Crippen LogP contribution in [0.15, 0.2) is 60.7 Å². The van der Waals surface area contributed by atoms with Gasteiger partial charge in [-0.1, -0.05) is 29.3 Å². The van der Waals surface area contributed by atoms with Crippen molar-refractivity contribution < 1.29 is 19.1 Å². The van der Waals surface area contributed by atoms with Gasteiger partial charge in [-0.25, -0.2) is 0 Å². The molecule has 2 amide bonds. The van der Waals surface area contributed by atoms with E-state index in [-0.39, 0.29) is 18.0 Å². The number of amides is 2. The van der Waals surface area contributed by atoms with Crippen molar-refractivity contribution in [2.24, 2.45) is 0 Å². The number of ether oxygens (including phenoxy) is 1. The van der Waals surface area contributed by atoms with Gasteiger partial charge in [0.1, 0.15) is 5.75 Å². The largest absolute Gasteiger partial charge is 0.497 e. The molecule has 0 fully saturated rings. The Morgan fingerprint density at radius 2 is 1.56 bits per heavy atom. The summed E-state index contributed by atoms with van der Waals surface area (Å²) in [6, 6.07) is 18.0. The molecule has 5 rings (SSSR count). The summed E-state index contributed by atoms with van der Waals surface area (Å²) in [7, 11) is 1.59. The highest BCUT2D eigenvalue weighted by atomic mass is 16.5. The maximum absolute atomic E-state index is 13.6. The Hall–Kier alpha value is -3.93. The molecule has 6 heteroatoms. The fraction of sp³-hybridized carbons (Fsp3) is 0.250. The number of nitrogens with zero attached hydrogens (tertiary/aromatic N) is 2. The lowest BCUT2D eigenvalue weighted by Crippen LogP contribution is -2.47. The smallest absolute Gasteiger partial charge is 0.300 e. The lowest BCUT2D eigenvalue weighted by Gasteiger charge is -2.42. The summed E-state index contributed by atoms with van der Waals surface area (Å²) in [5.41, 5.74) is 5.24. The van der Waals surface area contributed by atoms with Crippen LogP contribution in [0.5, 0.6) is 5.75 Å². The minimum Gasteiger partial charge on any atom is -0.497 e. The number of fused-ring (bicyclic) bond motifs is 2. The fourth-order valence-corrected chi connectivity index (χ4v) is 5.07. The zero-order valence-electron chi connectivity index (χ0n) is 19.7. The molecule has 0 saturated heterocycles. The monoisotopic (exact) mass is 454 g/mol. The third-order valence-electron chi connectivity index (χ3n) is 6.74. The van der Waals surface area contributed by atoms with E-state index in [1.807, 2.05) is 51.1 Å². The van der Waals surface area contributed by atoms with Gasteiger partial charge in [-0.2, -0.15) is 0 Å². The maximum Gasteiger partial charge on any atom is 0.300 e. The van der Waals surface area contributed by atoms with E-state index < -0.39 is 11.7 Å². The second-order valence-electron chi connectivity index (χ2n) is 9.09. The molecule has 34 heavy (non-hydrogen) atoms. The van der Waals surface area contributed by atoms with E-state index in [0.29, 0.717) is 29.0 Å². The van der Waals surface area contributed by atoms with E-state index >= 15 is 0 Å². The van der Waals surface area contributed by atoms with E-state index in [1.54, 1.807) is 47.2 Å². The van der Waals surface area contributed by atoms with Gasteiger partial charge in [-0.3, -0.25) is 19.3 Å². The van der Waals surface area contributed by atoms with Gasteiger partial charge in [-0.15, -0.1) is 0 Å². The summed E-state index contributed by atoms with van der Waals surface area (Å²) in [5.74, 6) is -0.415. The van der Waals surface area contributed by atoms with Crippen molar-refractivity contribution in [1.29, 1.82) is 0 Å². The first kappa shape index (κ1) is 21.9. The molecule has 0 bridgehead atoms. The summed E-state index contributed by atoms with van der Waals surface area (Å²) in [6.45, 7) is 5.87. The van der Waals surface area contributed by atoms with Gasteiger partial charge in [0.2, 0.25) is 0 Å². The average Bonchev–Trinajstić information content (AvgIpc) is 3.08. The van der Waals surface area contributed by atoms with Crippen molar-refractivity contribution in [1.82, 2.24) is 0 Å². The van der Waals surface area contributed by atoms with E-state index in [2.05, 4.69) is 0 Å². The van der Waals surface area contributed by atoms with E-state index in [4.69, 9.17) is 4.74 Å². The molecule has 2 aliphatic heterocycles. The van der Waals surface area contributed by atoms with Gasteiger partial charge < -0.3 is 9.64 Å². The highest BCUT2D eigenvalue weighted by Crippen LogP contribution is 2.46. The fourth-order valence-electron chi connectivity index (χ4n) is 5.07. The minimum absolute atomic E-state index is 0.112. The van der Waals surface area contributed by atoms with Crippen LogP contribution in [0.4, 0.5) is 11.4 Å². The highest BCUT2D eigenvalue weighted by Gasteiger charge is 2.45. The van der Waals surface area contributed by atoms with Gasteiger partial charge in [0.05, 0.1) is 24.4 Å². The second-order valence-corrected chi connectivity index (χ2v) is 9.09. The van der Waals surface area contributed by atoms with Crippen molar-refractivity contribution in [3.8, 4) is 5.75 Å². The van der Waals surface area contributed by atoms with Crippen LogP contribution < -0.4 is 14.5 Å². The average molecular weight is 455 g/mol. The molecule has 6 nitrogen and oxygen atoms in total. The number of carbonyl (C=O) groups is 3. The summed E-state index contributed by atoms with van der Waals surface area (Å²) in [6.07, 6.45) is 0.519. The predicted octanol–water partition coefficient (Wildman–Crippen LogP) is 5.02. The summed E-state index contributed by atoms with van der Waals surface area (Å²) < 4.78 is 5.22. The zero-order chi connectivity index (χ0) is 24.1. The van der Waals surface area contributed by atoms with E-state index in [0.717, 1.165) is 22.4 Å². The number of anilines is 2. The van der Waals surface area contributed by atoms with Crippen molar-refractivity contribution in [2.75, 3.05) is 16.9 Å². The molecule has 0 aromatic heterocycles. The molecule has 2 heterocycles. The number of Topliss-reactive ketones (excluding diaryl/α,β-unsaturated/α-hetero) is 1. The van der Waals surface area contributed by atoms with E-state index in [1.165, 1.54) is 0 Å². The summed E-state index contributed by atoms with van der Waals surface area (Å²) in [4.78, 5) is 43.0. The Morgan fingerprint density at radius 1 is 0.912 bits per heavy atom. The Kier molecular flexibility index (Phi) is 5.24.